The van der Waals surface area contributed by atoms with Crippen molar-refractivity contribution in [1.29, 1.82) is 0 Å². The maximum Gasteiger partial charge on any atom is 0.0267 e. The maximum absolute atomic E-state index is 6.03. The fourth-order valence-electron chi connectivity index (χ4n) is 1.60. The van der Waals surface area contributed by atoms with E-state index in [0.717, 1.165) is 25.7 Å². The summed E-state index contributed by atoms with van der Waals surface area (Å²) in [5.41, 5.74) is 11.7. The van der Waals surface area contributed by atoms with Crippen LogP contribution in [0.3, 0.4) is 0 Å². The summed E-state index contributed by atoms with van der Waals surface area (Å²) in [5, 5.41) is 0. The van der Waals surface area contributed by atoms with E-state index in [4.69, 9.17) is 17.9 Å². The van der Waals surface area contributed by atoms with Crippen molar-refractivity contribution in [2.24, 2.45) is 11.5 Å². The van der Waals surface area contributed by atoms with Gasteiger partial charge in [0.1, 0.15) is 0 Å². The van der Waals surface area contributed by atoms with Gasteiger partial charge in [0.2, 0.25) is 0 Å². The maximum atomic E-state index is 6.03. The minimum Gasteiger partial charge on any atom is -0.328 e. The predicted octanol–water partition coefficient (Wildman–Crippen LogP) is 1.87. The molecule has 0 aliphatic heterocycles. The molecule has 14 heavy (non-hydrogen) atoms. The van der Waals surface area contributed by atoms with Crippen LogP contribution in [-0.2, 0) is 0 Å². The lowest BCUT2D eigenvalue weighted by atomic mass is 9.78. The zero-order valence-electron chi connectivity index (χ0n) is 8.07. The Kier molecular flexibility index (Phi) is 12.3. The fraction of sp³-hybridized carbons (Fsp3) is 0.778. The van der Waals surface area contributed by atoms with E-state index in [0.29, 0.717) is 12.5 Å². The Morgan fingerprint density at radius 2 is 1.64 bits per heavy atom. The summed E-state index contributed by atoms with van der Waals surface area (Å²) in [4.78, 5) is 0. The van der Waals surface area contributed by atoms with Gasteiger partial charge in [-0.05, 0) is 25.7 Å². The van der Waals surface area contributed by atoms with Gasteiger partial charge in [0.15, 0.2) is 0 Å². The Bertz CT molecular complexity index is 171. The second-order valence-electron chi connectivity index (χ2n) is 3.58. The molecule has 0 heterocycles. The van der Waals surface area contributed by atoms with Crippen LogP contribution in [0.15, 0.2) is 0 Å². The van der Waals surface area contributed by atoms with Crippen LogP contribution in [0.5, 0.6) is 0 Å². The van der Waals surface area contributed by atoms with Crippen molar-refractivity contribution >= 4 is 37.2 Å². The summed E-state index contributed by atoms with van der Waals surface area (Å²) in [5.74, 6) is 2.63. The second kappa shape index (κ2) is 8.64. The Hall–Kier alpha value is 0.350. The van der Waals surface area contributed by atoms with Crippen LogP contribution in [0.25, 0.3) is 0 Å². The van der Waals surface area contributed by atoms with Crippen LogP contribution >= 0.6 is 37.2 Å². The molecule has 0 saturated heterocycles. The molecule has 1 fully saturated rings. The second-order valence-corrected chi connectivity index (χ2v) is 3.58. The van der Waals surface area contributed by atoms with Crippen LogP contribution in [0, 0.1) is 12.3 Å². The van der Waals surface area contributed by atoms with E-state index in [2.05, 4.69) is 5.92 Å². The average molecular weight is 262 g/mol. The third kappa shape index (κ3) is 5.95. The first-order chi connectivity index (χ1) is 5.16. The van der Waals surface area contributed by atoms with E-state index >= 15 is 0 Å². The highest BCUT2D eigenvalue weighted by molar-refractivity contribution is 5.86. The first-order valence-corrected chi connectivity index (χ1v) is 4.14. The highest BCUT2D eigenvalue weighted by Crippen LogP contribution is 2.27. The van der Waals surface area contributed by atoms with Crippen molar-refractivity contribution in [3.05, 3.63) is 0 Å². The molecule has 0 unspecified atom stereocenters. The molecule has 0 aromatic rings. The van der Waals surface area contributed by atoms with E-state index in [9.17, 15) is 0 Å². The number of halogens is 3. The molecule has 0 radical (unpaired) electrons. The molecule has 5 heteroatoms. The highest BCUT2D eigenvalue weighted by Gasteiger charge is 2.29. The first-order valence-electron chi connectivity index (χ1n) is 4.14. The topological polar surface area (TPSA) is 52.0 Å². The Balaban J connectivity index is -0.000000403. The van der Waals surface area contributed by atoms with E-state index in [1.165, 1.54) is 0 Å². The number of hydrogen-bond donors (Lipinski definition) is 2. The van der Waals surface area contributed by atoms with Crippen molar-refractivity contribution in [2.75, 3.05) is 0 Å². The molecule has 0 atom stereocenters. The number of hydrogen-bond acceptors (Lipinski definition) is 2. The van der Waals surface area contributed by atoms with Crippen molar-refractivity contribution in [1.82, 2.24) is 0 Å². The highest BCUT2D eigenvalue weighted by atomic mass is 35.5. The fourth-order valence-corrected chi connectivity index (χ4v) is 1.60. The lowest BCUT2D eigenvalue weighted by Gasteiger charge is -2.34. The zero-order chi connectivity index (χ0) is 8.32. The van der Waals surface area contributed by atoms with Gasteiger partial charge in [-0.3, -0.25) is 0 Å². The minimum atomic E-state index is -0.107. The lowest BCUT2D eigenvalue weighted by Crippen LogP contribution is -2.45. The molecule has 1 rings (SSSR count). The lowest BCUT2D eigenvalue weighted by molar-refractivity contribution is 0.278. The number of rotatable bonds is 1. The molecule has 0 aromatic carbocycles. The SMILES string of the molecule is C#CCC1(N)CCC(N)CC1.Cl.Cl.Cl. The third-order valence-corrected chi connectivity index (χ3v) is 2.48. The van der Waals surface area contributed by atoms with Gasteiger partial charge in [0.05, 0.1) is 0 Å². The van der Waals surface area contributed by atoms with E-state index < -0.39 is 0 Å². The normalized spacial score (nSPS) is 29.9. The summed E-state index contributed by atoms with van der Waals surface area (Å²) >= 11 is 0. The summed E-state index contributed by atoms with van der Waals surface area (Å²) in [6.07, 6.45) is 9.93. The summed E-state index contributed by atoms with van der Waals surface area (Å²) in [7, 11) is 0. The van der Waals surface area contributed by atoms with Gasteiger partial charge in [0, 0.05) is 18.0 Å². The Labute approximate surface area is 105 Å². The van der Waals surface area contributed by atoms with Crippen LogP contribution in [-0.4, -0.2) is 11.6 Å². The molecule has 0 amide bonds. The summed E-state index contributed by atoms with van der Waals surface area (Å²) in [6.45, 7) is 0. The molecule has 2 nitrogen and oxygen atoms in total. The predicted molar refractivity (Wildman–Crippen MR) is 68.6 cm³/mol. The molecular formula is C9H19Cl3N2. The number of terminal acetylenes is 1. The molecule has 86 valence electrons. The average Bonchev–Trinajstić information content (AvgIpc) is 1.97. The number of nitrogens with two attached hydrogens (primary N) is 2. The Morgan fingerprint density at radius 1 is 1.21 bits per heavy atom. The molecule has 4 N–H and O–H groups in total. The van der Waals surface area contributed by atoms with Crippen molar-refractivity contribution in [2.45, 2.75) is 43.7 Å². The molecule has 1 aliphatic rings. The molecule has 0 aromatic heterocycles. The van der Waals surface area contributed by atoms with Crippen molar-refractivity contribution in [3.8, 4) is 12.3 Å². The smallest absolute Gasteiger partial charge is 0.0267 e. The van der Waals surface area contributed by atoms with Gasteiger partial charge in [-0.25, -0.2) is 0 Å². The van der Waals surface area contributed by atoms with E-state index in [-0.39, 0.29) is 42.8 Å². The monoisotopic (exact) mass is 260 g/mol. The third-order valence-electron chi connectivity index (χ3n) is 2.48. The van der Waals surface area contributed by atoms with Crippen molar-refractivity contribution in [3.63, 3.8) is 0 Å². The van der Waals surface area contributed by atoms with Gasteiger partial charge in [-0.2, -0.15) is 0 Å². The van der Waals surface area contributed by atoms with Gasteiger partial charge < -0.3 is 11.5 Å². The quantitative estimate of drug-likeness (QED) is 0.708. The largest absolute Gasteiger partial charge is 0.328 e. The molecule has 0 bridgehead atoms. The van der Waals surface area contributed by atoms with Crippen molar-refractivity contribution < 1.29 is 0 Å². The van der Waals surface area contributed by atoms with Crippen LogP contribution < -0.4 is 11.5 Å². The standard InChI is InChI=1S/C9H16N2.3ClH/c1-2-5-9(11)6-3-8(10)4-7-9;;;/h1,8H,3-7,10-11H2;3*1H. The summed E-state index contributed by atoms with van der Waals surface area (Å²) in [6, 6.07) is 0.351. The minimum absolute atomic E-state index is 0. The molecular weight excluding hydrogens is 242 g/mol. The van der Waals surface area contributed by atoms with Gasteiger partial charge in [0.25, 0.3) is 0 Å². The first kappa shape index (κ1) is 19.9. The molecule has 1 saturated carbocycles. The van der Waals surface area contributed by atoms with Crippen LogP contribution in [0.2, 0.25) is 0 Å². The van der Waals surface area contributed by atoms with Gasteiger partial charge in [-0.15, -0.1) is 49.6 Å². The van der Waals surface area contributed by atoms with Crippen LogP contribution in [0.1, 0.15) is 32.1 Å². The Morgan fingerprint density at radius 3 is 2.00 bits per heavy atom. The van der Waals surface area contributed by atoms with Gasteiger partial charge in [-0.1, -0.05) is 0 Å². The summed E-state index contributed by atoms with van der Waals surface area (Å²) < 4.78 is 0. The van der Waals surface area contributed by atoms with E-state index in [1.54, 1.807) is 0 Å². The molecule has 0 spiro atoms. The zero-order valence-corrected chi connectivity index (χ0v) is 10.5. The van der Waals surface area contributed by atoms with Gasteiger partial charge >= 0.3 is 0 Å². The van der Waals surface area contributed by atoms with E-state index in [1.807, 2.05) is 0 Å². The van der Waals surface area contributed by atoms with Crippen LogP contribution in [0.4, 0.5) is 0 Å². The molecule has 1 aliphatic carbocycles.